The summed E-state index contributed by atoms with van der Waals surface area (Å²) in [6.07, 6.45) is 0. The Bertz CT molecular complexity index is 1220. The van der Waals surface area contributed by atoms with Gasteiger partial charge in [0.1, 0.15) is 0 Å². The lowest BCUT2D eigenvalue weighted by molar-refractivity contribution is -0.385. The van der Waals surface area contributed by atoms with Gasteiger partial charge in [0.05, 0.1) is 17.6 Å². The smallest absolute Gasteiger partial charge is 0.339 e. The lowest BCUT2D eigenvalue weighted by Gasteiger charge is -2.11. The summed E-state index contributed by atoms with van der Waals surface area (Å²) in [7, 11) is 1.27. The van der Waals surface area contributed by atoms with Crippen LogP contribution in [0.1, 0.15) is 15.9 Å². The highest BCUT2D eigenvalue weighted by Gasteiger charge is 2.19. The van der Waals surface area contributed by atoms with Crippen molar-refractivity contribution in [3.63, 3.8) is 0 Å². The number of anilines is 1. The van der Waals surface area contributed by atoms with Gasteiger partial charge in [-0.2, -0.15) is 0 Å². The van der Waals surface area contributed by atoms with Gasteiger partial charge in [0.2, 0.25) is 5.56 Å². The van der Waals surface area contributed by atoms with E-state index in [2.05, 4.69) is 10.3 Å². The molecule has 154 valence electrons. The summed E-state index contributed by atoms with van der Waals surface area (Å²) in [6.45, 7) is 0.967. The molecule has 3 rings (SSSR count). The number of pyridine rings is 1. The van der Waals surface area contributed by atoms with Crippen molar-refractivity contribution >= 4 is 34.2 Å². The molecule has 10 heteroatoms. The molecule has 1 heterocycles. The Hall–Kier alpha value is -4.21. The number of para-hydroxylation sites is 1. The zero-order valence-corrected chi connectivity index (χ0v) is 16.1. The second kappa shape index (κ2) is 8.43. The maximum atomic E-state index is 12.4. The summed E-state index contributed by atoms with van der Waals surface area (Å²) >= 11 is 0. The topological polar surface area (TPSA) is 141 Å². The number of amides is 1. The highest BCUT2D eigenvalue weighted by Crippen LogP contribution is 2.32. The van der Waals surface area contributed by atoms with Crippen molar-refractivity contribution in [2.45, 2.75) is 6.92 Å². The Morgan fingerprint density at radius 1 is 1.20 bits per heavy atom. The van der Waals surface area contributed by atoms with Crippen LogP contribution in [0, 0.1) is 17.0 Å². The molecule has 1 aromatic heterocycles. The maximum Gasteiger partial charge on any atom is 0.339 e. The Balaban J connectivity index is 1.73. The van der Waals surface area contributed by atoms with Gasteiger partial charge in [0, 0.05) is 34.8 Å². The SMILES string of the molecule is COc1cc(NC(=O)COC(=O)c2cc(=O)[nH]c3ccccc23)c(C)cc1[N+](=O)[O-]. The number of ether oxygens (including phenoxy) is 2. The van der Waals surface area contributed by atoms with E-state index in [9.17, 15) is 24.5 Å². The first-order valence-electron chi connectivity index (χ1n) is 8.72. The molecule has 0 saturated heterocycles. The quantitative estimate of drug-likeness (QED) is 0.361. The highest BCUT2D eigenvalue weighted by atomic mass is 16.6. The molecule has 0 saturated carbocycles. The largest absolute Gasteiger partial charge is 0.490 e. The third kappa shape index (κ3) is 4.27. The van der Waals surface area contributed by atoms with Crippen LogP contribution in [0.2, 0.25) is 0 Å². The van der Waals surface area contributed by atoms with Gasteiger partial charge >= 0.3 is 11.7 Å². The van der Waals surface area contributed by atoms with Gasteiger partial charge in [0.15, 0.2) is 12.4 Å². The minimum absolute atomic E-state index is 0.0205. The fourth-order valence-electron chi connectivity index (χ4n) is 2.88. The van der Waals surface area contributed by atoms with Gasteiger partial charge in [-0.3, -0.25) is 19.7 Å². The van der Waals surface area contributed by atoms with E-state index in [4.69, 9.17) is 9.47 Å². The molecule has 1 amide bonds. The minimum Gasteiger partial charge on any atom is -0.490 e. The molecule has 30 heavy (non-hydrogen) atoms. The van der Waals surface area contributed by atoms with Crippen molar-refractivity contribution in [2.24, 2.45) is 0 Å². The number of aryl methyl sites for hydroxylation is 1. The van der Waals surface area contributed by atoms with Crippen molar-refractivity contribution in [1.29, 1.82) is 0 Å². The fraction of sp³-hybridized carbons (Fsp3) is 0.150. The van der Waals surface area contributed by atoms with Crippen LogP contribution in [0.3, 0.4) is 0 Å². The van der Waals surface area contributed by atoms with Crippen molar-refractivity contribution in [3.8, 4) is 5.75 Å². The normalized spacial score (nSPS) is 10.5. The second-order valence-corrected chi connectivity index (χ2v) is 6.31. The summed E-state index contributed by atoms with van der Waals surface area (Å²) in [5, 5.41) is 14.1. The average molecular weight is 411 g/mol. The van der Waals surface area contributed by atoms with E-state index in [1.807, 2.05) is 0 Å². The lowest BCUT2D eigenvalue weighted by atomic mass is 10.1. The van der Waals surface area contributed by atoms with Gasteiger partial charge in [-0.25, -0.2) is 4.79 Å². The number of nitrogens with one attached hydrogen (secondary N) is 2. The number of aromatic nitrogens is 1. The minimum atomic E-state index is -0.828. The number of carbonyl (C=O) groups is 2. The number of benzene rings is 2. The number of esters is 1. The van der Waals surface area contributed by atoms with Gasteiger partial charge in [0.25, 0.3) is 5.91 Å². The Morgan fingerprint density at radius 3 is 2.63 bits per heavy atom. The number of nitro groups is 1. The predicted octanol–water partition coefficient (Wildman–Crippen LogP) is 2.55. The summed E-state index contributed by atoms with van der Waals surface area (Å²) in [5.74, 6) is -1.50. The average Bonchev–Trinajstić information content (AvgIpc) is 2.72. The van der Waals surface area contributed by atoms with Crippen molar-refractivity contribution in [1.82, 2.24) is 4.98 Å². The zero-order valence-electron chi connectivity index (χ0n) is 16.1. The van der Waals surface area contributed by atoms with Crippen LogP contribution in [-0.2, 0) is 9.53 Å². The maximum absolute atomic E-state index is 12.4. The number of rotatable bonds is 6. The number of fused-ring (bicyclic) bond motifs is 1. The van der Waals surface area contributed by atoms with Crippen LogP contribution in [-0.4, -0.2) is 35.5 Å². The molecule has 2 N–H and O–H groups in total. The zero-order chi connectivity index (χ0) is 21.8. The number of aromatic amines is 1. The van der Waals surface area contributed by atoms with Gasteiger partial charge in [-0.15, -0.1) is 0 Å². The number of carbonyl (C=O) groups excluding carboxylic acids is 2. The molecule has 0 radical (unpaired) electrons. The van der Waals surface area contributed by atoms with E-state index in [0.717, 1.165) is 6.07 Å². The first kappa shape index (κ1) is 20.5. The molecule has 0 fully saturated rings. The van der Waals surface area contributed by atoms with Crippen LogP contribution in [0.4, 0.5) is 11.4 Å². The van der Waals surface area contributed by atoms with Gasteiger partial charge < -0.3 is 19.8 Å². The van der Waals surface area contributed by atoms with Gasteiger partial charge in [-0.05, 0) is 18.6 Å². The number of hydrogen-bond donors (Lipinski definition) is 2. The Labute approximate surface area is 169 Å². The van der Waals surface area contributed by atoms with Gasteiger partial charge in [-0.1, -0.05) is 18.2 Å². The molecule has 0 bridgehead atoms. The van der Waals surface area contributed by atoms with E-state index in [1.165, 1.54) is 19.2 Å². The molecular weight excluding hydrogens is 394 g/mol. The molecule has 0 atom stereocenters. The summed E-state index contributed by atoms with van der Waals surface area (Å²) in [4.78, 5) is 49.5. The predicted molar refractivity (Wildman–Crippen MR) is 108 cm³/mol. The molecule has 0 unspecified atom stereocenters. The first-order chi connectivity index (χ1) is 14.3. The molecule has 10 nitrogen and oxygen atoms in total. The third-order valence-corrected chi connectivity index (χ3v) is 4.30. The van der Waals surface area contributed by atoms with Crippen LogP contribution >= 0.6 is 0 Å². The first-order valence-corrected chi connectivity index (χ1v) is 8.72. The molecule has 0 aliphatic rings. The number of methoxy groups -OCH3 is 1. The molecular formula is C20H17N3O7. The highest BCUT2D eigenvalue weighted by molar-refractivity contribution is 6.04. The van der Waals surface area contributed by atoms with E-state index in [0.29, 0.717) is 16.5 Å². The van der Waals surface area contributed by atoms with Crippen molar-refractivity contribution in [3.05, 3.63) is 74.1 Å². The Morgan fingerprint density at radius 2 is 1.93 bits per heavy atom. The third-order valence-electron chi connectivity index (χ3n) is 4.30. The molecule has 2 aromatic carbocycles. The fourth-order valence-corrected chi connectivity index (χ4v) is 2.88. The lowest BCUT2D eigenvalue weighted by Crippen LogP contribution is -2.22. The van der Waals surface area contributed by atoms with E-state index in [1.54, 1.807) is 31.2 Å². The van der Waals surface area contributed by atoms with Crippen LogP contribution < -0.4 is 15.6 Å². The number of H-pyrrole nitrogens is 1. The molecule has 0 spiro atoms. The number of nitrogens with zero attached hydrogens (tertiary/aromatic N) is 1. The van der Waals surface area contributed by atoms with Crippen LogP contribution in [0.25, 0.3) is 10.9 Å². The van der Waals surface area contributed by atoms with Crippen LogP contribution in [0.5, 0.6) is 5.75 Å². The molecule has 0 aliphatic heterocycles. The second-order valence-electron chi connectivity index (χ2n) is 6.31. The summed E-state index contributed by atoms with van der Waals surface area (Å²) in [6, 6.07) is 10.4. The van der Waals surface area contributed by atoms with E-state index in [-0.39, 0.29) is 22.7 Å². The Kier molecular flexibility index (Phi) is 5.77. The van der Waals surface area contributed by atoms with Crippen LogP contribution in [0.15, 0.2) is 47.3 Å². The van der Waals surface area contributed by atoms with E-state index >= 15 is 0 Å². The number of hydrogen-bond acceptors (Lipinski definition) is 7. The number of nitro benzene ring substituents is 1. The monoisotopic (exact) mass is 411 g/mol. The van der Waals surface area contributed by atoms with Crippen molar-refractivity contribution in [2.75, 3.05) is 19.0 Å². The van der Waals surface area contributed by atoms with E-state index < -0.39 is 29.0 Å². The molecule has 0 aliphatic carbocycles. The summed E-state index contributed by atoms with van der Waals surface area (Å²) in [5.41, 5.74) is 0.507. The summed E-state index contributed by atoms with van der Waals surface area (Å²) < 4.78 is 10.0. The molecule has 3 aromatic rings. The van der Waals surface area contributed by atoms with Crippen molar-refractivity contribution < 1.29 is 24.0 Å². The standard InChI is InChI=1S/C20H17N3O7/c1-11-7-16(23(27)28)17(29-2)9-15(11)22-19(25)10-30-20(26)13-8-18(24)21-14-6-4-3-5-12(13)14/h3-9H,10H2,1-2H3,(H,21,24)(H,22,25).